The predicted octanol–water partition coefficient (Wildman–Crippen LogP) is 1.94. The summed E-state index contributed by atoms with van der Waals surface area (Å²) in [6, 6.07) is 10.6. The summed E-state index contributed by atoms with van der Waals surface area (Å²) in [7, 11) is -2.43. The van der Waals surface area contributed by atoms with Crippen molar-refractivity contribution in [2.45, 2.75) is 5.03 Å². The minimum Gasteiger partial charge on any atom is -0.465 e. The Bertz CT molecular complexity index is 739. The quantitative estimate of drug-likeness (QED) is 0.808. The average molecular weight is 291 g/mol. The van der Waals surface area contributed by atoms with Crippen molar-refractivity contribution < 1.29 is 17.9 Å². The Kier molecular flexibility index (Phi) is 3.85. The second-order valence-electron chi connectivity index (χ2n) is 4.17. The summed E-state index contributed by atoms with van der Waals surface area (Å²) in [4.78, 5) is 15.8. The molecule has 0 saturated heterocycles. The third-order valence-electron chi connectivity index (χ3n) is 2.74. The molecule has 2 rings (SSSR count). The average Bonchev–Trinajstić information content (AvgIpc) is 2.45. The van der Waals surface area contributed by atoms with Crippen LogP contribution in [0.4, 0.5) is 0 Å². The fraction of sp³-hybridized carbons (Fsp3) is 0.143. The molecule has 0 aliphatic carbocycles. The zero-order valence-corrected chi connectivity index (χ0v) is 11.8. The van der Waals surface area contributed by atoms with Crippen LogP contribution in [0.3, 0.4) is 0 Å². The minimum atomic E-state index is -3.63. The Morgan fingerprint density at radius 1 is 1.15 bits per heavy atom. The molecule has 0 unspecified atom stereocenters. The Morgan fingerprint density at radius 3 is 2.35 bits per heavy atom. The van der Waals surface area contributed by atoms with E-state index in [1.54, 1.807) is 30.3 Å². The number of benzene rings is 1. The number of methoxy groups -OCH3 is 1. The number of hydrogen-bond donors (Lipinski definition) is 0. The van der Waals surface area contributed by atoms with Crippen molar-refractivity contribution in [1.82, 2.24) is 4.98 Å². The first-order chi connectivity index (χ1) is 9.45. The number of aromatic nitrogens is 1. The molecular weight excluding hydrogens is 278 g/mol. The number of carbonyl (C=O) groups excluding carboxylic acids is 1. The van der Waals surface area contributed by atoms with E-state index in [9.17, 15) is 13.2 Å². The van der Waals surface area contributed by atoms with Crippen molar-refractivity contribution in [3.63, 3.8) is 0 Å². The topological polar surface area (TPSA) is 73.3 Å². The third kappa shape index (κ3) is 2.70. The molecule has 0 fully saturated rings. The number of esters is 1. The molecule has 1 heterocycles. The van der Waals surface area contributed by atoms with Gasteiger partial charge < -0.3 is 4.74 Å². The van der Waals surface area contributed by atoms with Crippen molar-refractivity contribution in [1.29, 1.82) is 0 Å². The summed E-state index contributed by atoms with van der Waals surface area (Å²) in [6.45, 7) is 0. The van der Waals surface area contributed by atoms with Gasteiger partial charge in [-0.05, 0) is 11.6 Å². The van der Waals surface area contributed by atoms with Crippen molar-refractivity contribution in [2.75, 3.05) is 13.4 Å². The van der Waals surface area contributed by atoms with Crippen molar-refractivity contribution in [2.24, 2.45) is 0 Å². The third-order valence-corrected chi connectivity index (χ3v) is 3.75. The zero-order valence-electron chi connectivity index (χ0n) is 11.0. The van der Waals surface area contributed by atoms with E-state index in [0.29, 0.717) is 5.56 Å². The van der Waals surface area contributed by atoms with E-state index >= 15 is 0 Å². The van der Waals surface area contributed by atoms with E-state index in [1.165, 1.54) is 13.3 Å². The number of hydrogen-bond acceptors (Lipinski definition) is 5. The van der Waals surface area contributed by atoms with Gasteiger partial charge in [0.25, 0.3) is 0 Å². The van der Waals surface area contributed by atoms with E-state index in [-0.39, 0.29) is 10.6 Å². The Labute approximate surface area is 117 Å². The van der Waals surface area contributed by atoms with Gasteiger partial charge in [0.15, 0.2) is 14.9 Å². The second-order valence-corrected chi connectivity index (χ2v) is 6.10. The molecule has 0 saturated carbocycles. The molecule has 0 radical (unpaired) electrons. The first-order valence-corrected chi connectivity index (χ1v) is 7.67. The molecule has 0 spiro atoms. The Hall–Kier alpha value is -2.21. The van der Waals surface area contributed by atoms with E-state index in [2.05, 4.69) is 4.98 Å². The number of pyridine rings is 1. The van der Waals surface area contributed by atoms with Crippen LogP contribution >= 0.6 is 0 Å². The summed E-state index contributed by atoms with van der Waals surface area (Å²) < 4.78 is 28.3. The lowest BCUT2D eigenvalue weighted by Crippen LogP contribution is -2.13. The highest BCUT2D eigenvalue weighted by Gasteiger charge is 2.25. The van der Waals surface area contributed by atoms with Crippen molar-refractivity contribution >= 4 is 15.8 Å². The van der Waals surface area contributed by atoms with Gasteiger partial charge in [0.05, 0.1) is 7.11 Å². The smallest absolute Gasteiger partial charge is 0.341 e. The molecule has 6 heteroatoms. The first-order valence-electron chi connectivity index (χ1n) is 5.78. The molecule has 0 aliphatic rings. The lowest BCUT2D eigenvalue weighted by molar-refractivity contribution is 0.0596. The maximum Gasteiger partial charge on any atom is 0.341 e. The monoisotopic (exact) mass is 291 g/mol. The standard InChI is InChI=1S/C14H13NO4S/c1-19-14(16)12-11(10-6-4-3-5-7-10)8-9-15-13(12)20(2,17)18/h3-9H,1-2H3. The number of nitrogens with zero attached hydrogens (tertiary/aromatic N) is 1. The number of carbonyl (C=O) groups is 1. The number of ether oxygens (including phenoxy) is 1. The summed E-state index contributed by atoms with van der Waals surface area (Å²) in [5.74, 6) is -0.725. The van der Waals surface area contributed by atoms with Crippen LogP contribution < -0.4 is 0 Å². The fourth-order valence-electron chi connectivity index (χ4n) is 1.88. The molecule has 1 aromatic heterocycles. The molecule has 0 bridgehead atoms. The normalized spacial score (nSPS) is 11.1. The molecule has 0 atom stereocenters. The van der Waals surface area contributed by atoms with Crippen LogP contribution in [0.1, 0.15) is 10.4 Å². The second kappa shape index (κ2) is 5.42. The van der Waals surface area contributed by atoms with Crippen LogP contribution in [0.25, 0.3) is 11.1 Å². The van der Waals surface area contributed by atoms with Gasteiger partial charge in [0, 0.05) is 18.0 Å². The zero-order chi connectivity index (χ0) is 14.8. The van der Waals surface area contributed by atoms with Gasteiger partial charge in [0.2, 0.25) is 0 Å². The fourth-order valence-corrected chi connectivity index (χ4v) is 2.70. The summed E-state index contributed by atoms with van der Waals surface area (Å²) in [6.07, 6.45) is 2.38. The highest BCUT2D eigenvalue weighted by Crippen LogP contribution is 2.27. The molecule has 1 aromatic carbocycles. The van der Waals surface area contributed by atoms with Crippen LogP contribution in [-0.4, -0.2) is 32.7 Å². The molecule has 104 valence electrons. The number of sulfone groups is 1. The highest BCUT2D eigenvalue weighted by atomic mass is 32.2. The summed E-state index contributed by atoms with van der Waals surface area (Å²) in [5, 5.41) is -0.272. The van der Waals surface area contributed by atoms with Crippen molar-refractivity contribution in [3.8, 4) is 11.1 Å². The Balaban J connectivity index is 2.80. The first kappa shape index (κ1) is 14.2. The lowest BCUT2D eigenvalue weighted by Gasteiger charge is -2.11. The van der Waals surface area contributed by atoms with Crippen LogP contribution in [0.15, 0.2) is 47.6 Å². The van der Waals surface area contributed by atoms with Gasteiger partial charge in [-0.1, -0.05) is 30.3 Å². The minimum absolute atomic E-state index is 0.0382. The maximum atomic E-state index is 11.9. The summed E-state index contributed by atoms with van der Waals surface area (Å²) in [5.41, 5.74) is 1.16. The molecule has 0 aliphatic heterocycles. The van der Waals surface area contributed by atoms with Gasteiger partial charge >= 0.3 is 5.97 Å². The molecule has 0 N–H and O–H groups in total. The highest BCUT2D eigenvalue weighted by molar-refractivity contribution is 7.90. The van der Waals surface area contributed by atoms with Crippen LogP contribution in [0, 0.1) is 0 Å². The molecule has 0 amide bonds. The SMILES string of the molecule is COC(=O)c1c(-c2ccccc2)ccnc1S(C)(=O)=O. The predicted molar refractivity (Wildman–Crippen MR) is 74.1 cm³/mol. The van der Waals surface area contributed by atoms with Crippen LogP contribution in [0.2, 0.25) is 0 Å². The Morgan fingerprint density at radius 2 is 1.80 bits per heavy atom. The van der Waals surface area contributed by atoms with E-state index < -0.39 is 15.8 Å². The van der Waals surface area contributed by atoms with E-state index in [0.717, 1.165) is 11.8 Å². The van der Waals surface area contributed by atoms with Gasteiger partial charge in [-0.3, -0.25) is 0 Å². The van der Waals surface area contributed by atoms with Gasteiger partial charge in [0.1, 0.15) is 5.56 Å². The van der Waals surface area contributed by atoms with E-state index in [1.807, 2.05) is 6.07 Å². The van der Waals surface area contributed by atoms with Gasteiger partial charge in [-0.2, -0.15) is 0 Å². The molecular formula is C14H13NO4S. The van der Waals surface area contributed by atoms with Crippen LogP contribution in [0.5, 0.6) is 0 Å². The van der Waals surface area contributed by atoms with Crippen LogP contribution in [-0.2, 0) is 14.6 Å². The largest absolute Gasteiger partial charge is 0.465 e. The van der Waals surface area contributed by atoms with Gasteiger partial charge in [-0.25, -0.2) is 18.2 Å². The number of rotatable bonds is 3. The molecule has 20 heavy (non-hydrogen) atoms. The molecule has 5 nitrogen and oxygen atoms in total. The van der Waals surface area contributed by atoms with E-state index in [4.69, 9.17) is 4.74 Å². The summed E-state index contributed by atoms with van der Waals surface area (Å²) >= 11 is 0. The van der Waals surface area contributed by atoms with Gasteiger partial charge in [-0.15, -0.1) is 0 Å². The maximum absolute atomic E-state index is 11.9. The molecule has 2 aromatic rings. The lowest BCUT2D eigenvalue weighted by atomic mass is 10.0. The van der Waals surface area contributed by atoms with Crippen molar-refractivity contribution in [3.05, 3.63) is 48.2 Å².